The van der Waals surface area contributed by atoms with Gasteiger partial charge in [0.1, 0.15) is 0 Å². The molecular weight excluding hydrogens is 280 g/mol. The predicted molar refractivity (Wildman–Crippen MR) is 74.2 cm³/mol. The molecule has 0 fully saturated rings. The van der Waals surface area contributed by atoms with Crippen molar-refractivity contribution in [2.24, 2.45) is 0 Å². The molecule has 21 heavy (non-hydrogen) atoms. The van der Waals surface area contributed by atoms with E-state index in [2.05, 4.69) is 15.6 Å². The van der Waals surface area contributed by atoms with E-state index >= 15 is 0 Å². The van der Waals surface area contributed by atoms with E-state index in [4.69, 9.17) is 5.11 Å². The number of hydrogen-bond donors (Lipinski definition) is 3. The molecule has 0 spiro atoms. The number of aromatic nitrogens is 1. The highest BCUT2D eigenvalue weighted by Crippen LogP contribution is 2.22. The Morgan fingerprint density at radius 3 is 2.62 bits per heavy atom. The molecule has 9 nitrogen and oxygen atoms in total. The predicted octanol–water partition coefficient (Wildman–Crippen LogP) is 1.01. The van der Waals surface area contributed by atoms with E-state index in [0.717, 1.165) is 12.1 Å². The van der Waals surface area contributed by atoms with Gasteiger partial charge in [-0.3, -0.25) is 14.9 Å². The van der Waals surface area contributed by atoms with Gasteiger partial charge < -0.3 is 15.7 Å². The van der Waals surface area contributed by atoms with Gasteiger partial charge in [-0.05, 0) is 19.9 Å². The lowest BCUT2D eigenvalue weighted by Gasteiger charge is -2.09. The van der Waals surface area contributed by atoms with Crippen molar-refractivity contribution in [1.29, 1.82) is 0 Å². The number of carbonyl (C=O) groups excluding carboxylic acids is 1. The molecule has 1 aromatic rings. The molecule has 0 aliphatic heterocycles. The van der Waals surface area contributed by atoms with Gasteiger partial charge in [0, 0.05) is 25.1 Å². The Bertz CT molecular complexity index is 559. The first-order valence-electron chi connectivity index (χ1n) is 6.23. The molecule has 0 aromatic carbocycles. The lowest BCUT2D eigenvalue weighted by Crippen LogP contribution is -2.31. The summed E-state index contributed by atoms with van der Waals surface area (Å²) in [5, 5.41) is 25.0. The van der Waals surface area contributed by atoms with Crippen molar-refractivity contribution in [3.63, 3.8) is 0 Å². The van der Waals surface area contributed by atoms with E-state index in [1.54, 1.807) is 0 Å². The Hall–Kier alpha value is -2.71. The summed E-state index contributed by atoms with van der Waals surface area (Å²) in [4.78, 5) is 36.1. The van der Waals surface area contributed by atoms with E-state index in [0.29, 0.717) is 0 Å². The van der Waals surface area contributed by atoms with Crippen LogP contribution in [-0.2, 0) is 4.79 Å². The first-order valence-corrected chi connectivity index (χ1v) is 6.23. The number of carboxylic acid groups (broad SMARTS) is 1. The number of nitrogens with one attached hydrogen (secondary N) is 2. The van der Waals surface area contributed by atoms with Gasteiger partial charge in [0.05, 0.1) is 4.92 Å². The lowest BCUT2D eigenvalue weighted by atomic mass is 10.3. The summed E-state index contributed by atoms with van der Waals surface area (Å²) in [6.45, 7) is 3.73. The molecular formula is C12H16N4O5. The second-order valence-electron chi connectivity index (χ2n) is 4.53. The normalized spacial score (nSPS) is 10.2. The minimum atomic E-state index is -1.29. The van der Waals surface area contributed by atoms with Crippen molar-refractivity contribution in [1.82, 2.24) is 10.3 Å². The van der Waals surface area contributed by atoms with Crippen molar-refractivity contribution in [2.75, 3.05) is 11.9 Å². The molecule has 0 aliphatic rings. The number of pyridine rings is 1. The second kappa shape index (κ2) is 7.17. The number of nitro groups is 1. The number of nitrogens with zero attached hydrogens (tertiary/aromatic N) is 2. The fourth-order valence-corrected chi connectivity index (χ4v) is 1.54. The number of carboxylic acids is 1. The molecule has 0 radical (unpaired) electrons. The van der Waals surface area contributed by atoms with Crippen LogP contribution in [0.5, 0.6) is 0 Å². The summed E-state index contributed by atoms with van der Waals surface area (Å²) in [5.74, 6) is -1.67. The number of hydrogen-bond acceptors (Lipinski definition) is 6. The standard InChI is InChI=1S/C12H16N4O5/c1-7(2)14-10(17)5-6-13-11-9(16(20)21)4-3-8(15-11)12(18)19/h3-4,7H,5-6H2,1-2H3,(H,13,15)(H,14,17)(H,18,19). The first-order chi connectivity index (χ1) is 9.81. The third-order valence-electron chi connectivity index (χ3n) is 2.38. The molecule has 0 saturated carbocycles. The third kappa shape index (κ3) is 5.05. The van der Waals surface area contributed by atoms with Crippen LogP contribution in [0.3, 0.4) is 0 Å². The van der Waals surface area contributed by atoms with Crippen molar-refractivity contribution in [3.8, 4) is 0 Å². The van der Waals surface area contributed by atoms with E-state index in [1.165, 1.54) is 0 Å². The van der Waals surface area contributed by atoms with Crippen LogP contribution in [0.25, 0.3) is 0 Å². The number of aromatic carboxylic acids is 1. The zero-order chi connectivity index (χ0) is 16.0. The van der Waals surface area contributed by atoms with Crippen LogP contribution in [0.2, 0.25) is 0 Å². The van der Waals surface area contributed by atoms with Crippen molar-refractivity contribution in [2.45, 2.75) is 26.3 Å². The van der Waals surface area contributed by atoms with Gasteiger partial charge in [-0.1, -0.05) is 0 Å². The summed E-state index contributed by atoms with van der Waals surface area (Å²) < 4.78 is 0. The summed E-state index contributed by atoms with van der Waals surface area (Å²) in [6, 6.07) is 2.12. The van der Waals surface area contributed by atoms with Crippen molar-refractivity contribution >= 4 is 23.4 Å². The molecule has 3 N–H and O–H groups in total. The molecule has 0 saturated heterocycles. The molecule has 1 rings (SSSR count). The molecule has 0 atom stereocenters. The van der Waals surface area contributed by atoms with Crippen LogP contribution in [0.4, 0.5) is 11.5 Å². The largest absolute Gasteiger partial charge is 0.477 e. The fourth-order valence-electron chi connectivity index (χ4n) is 1.54. The highest BCUT2D eigenvalue weighted by molar-refractivity contribution is 5.86. The SMILES string of the molecule is CC(C)NC(=O)CCNc1nc(C(=O)O)ccc1[N+](=O)[O-]. The van der Waals surface area contributed by atoms with Crippen LogP contribution < -0.4 is 10.6 Å². The maximum Gasteiger partial charge on any atom is 0.354 e. The first kappa shape index (κ1) is 16.3. The minimum absolute atomic E-state index is 0.000277. The summed E-state index contributed by atoms with van der Waals surface area (Å²) in [5.41, 5.74) is -0.654. The molecule has 1 amide bonds. The highest BCUT2D eigenvalue weighted by atomic mass is 16.6. The van der Waals surface area contributed by atoms with Crippen LogP contribution in [0.1, 0.15) is 30.8 Å². The van der Waals surface area contributed by atoms with Crippen LogP contribution in [0.15, 0.2) is 12.1 Å². The molecule has 114 valence electrons. The number of carbonyl (C=O) groups is 2. The Kier molecular flexibility index (Phi) is 5.58. The summed E-state index contributed by atoms with van der Waals surface area (Å²) >= 11 is 0. The minimum Gasteiger partial charge on any atom is -0.477 e. The molecule has 9 heteroatoms. The van der Waals surface area contributed by atoms with Gasteiger partial charge in [-0.25, -0.2) is 9.78 Å². The fraction of sp³-hybridized carbons (Fsp3) is 0.417. The van der Waals surface area contributed by atoms with Crippen LogP contribution in [-0.4, -0.2) is 39.5 Å². The Morgan fingerprint density at radius 2 is 2.10 bits per heavy atom. The quantitative estimate of drug-likeness (QED) is 0.505. The average molecular weight is 296 g/mol. The summed E-state index contributed by atoms with van der Waals surface area (Å²) in [6.07, 6.45) is 0.0916. The highest BCUT2D eigenvalue weighted by Gasteiger charge is 2.18. The smallest absolute Gasteiger partial charge is 0.354 e. The molecule has 0 bridgehead atoms. The lowest BCUT2D eigenvalue weighted by molar-refractivity contribution is -0.384. The average Bonchev–Trinajstić information content (AvgIpc) is 2.37. The van der Waals surface area contributed by atoms with Crippen molar-refractivity contribution < 1.29 is 19.6 Å². The van der Waals surface area contributed by atoms with Gasteiger partial charge in [-0.15, -0.1) is 0 Å². The van der Waals surface area contributed by atoms with Gasteiger partial charge in [-0.2, -0.15) is 0 Å². The monoisotopic (exact) mass is 296 g/mol. The number of anilines is 1. The maximum atomic E-state index is 11.4. The number of amides is 1. The molecule has 1 heterocycles. The third-order valence-corrected chi connectivity index (χ3v) is 2.38. The van der Waals surface area contributed by atoms with Gasteiger partial charge in [0.15, 0.2) is 5.69 Å². The number of rotatable bonds is 7. The Labute approximate surface area is 120 Å². The molecule has 0 aliphatic carbocycles. The van der Waals surface area contributed by atoms with E-state index in [9.17, 15) is 19.7 Å². The van der Waals surface area contributed by atoms with Crippen molar-refractivity contribution in [3.05, 3.63) is 27.9 Å². The zero-order valence-electron chi connectivity index (χ0n) is 11.6. The van der Waals surface area contributed by atoms with E-state index < -0.39 is 10.9 Å². The van der Waals surface area contributed by atoms with Gasteiger partial charge >= 0.3 is 11.7 Å². The maximum absolute atomic E-state index is 11.4. The Balaban J connectivity index is 2.76. The van der Waals surface area contributed by atoms with Crippen LogP contribution >= 0.6 is 0 Å². The molecule has 1 aromatic heterocycles. The Morgan fingerprint density at radius 1 is 1.43 bits per heavy atom. The van der Waals surface area contributed by atoms with Gasteiger partial charge in [0.25, 0.3) is 0 Å². The van der Waals surface area contributed by atoms with E-state index in [1.807, 2.05) is 13.8 Å². The van der Waals surface area contributed by atoms with Gasteiger partial charge in [0.2, 0.25) is 11.7 Å². The van der Waals surface area contributed by atoms with E-state index in [-0.39, 0.29) is 42.1 Å². The topological polar surface area (TPSA) is 134 Å². The van der Waals surface area contributed by atoms with Crippen LogP contribution in [0, 0.1) is 10.1 Å². The second-order valence-corrected chi connectivity index (χ2v) is 4.53. The summed E-state index contributed by atoms with van der Waals surface area (Å²) in [7, 11) is 0. The zero-order valence-corrected chi connectivity index (χ0v) is 11.6. The molecule has 0 unspecified atom stereocenters.